The zero-order chi connectivity index (χ0) is 19.0. The number of benzene rings is 2. The summed E-state index contributed by atoms with van der Waals surface area (Å²) in [6.07, 6.45) is 0. The molecule has 0 bridgehead atoms. The Labute approximate surface area is 161 Å². The number of carbonyl (C=O) groups is 2. The lowest BCUT2D eigenvalue weighted by atomic mass is 10.1. The first-order valence-electron chi connectivity index (χ1n) is 8.60. The summed E-state index contributed by atoms with van der Waals surface area (Å²) < 4.78 is 1.93. The quantitative estimate of drug-likeness (QED) is 0.504. The fraction of sp³-hybridized carbons (Fsp3) is 0.200. The monoisotopic (exact) mass is 378 g/mol. The van der Waals surface area contributed by atoms with Gasteiger partial charge in [-0.15, -0.1) is 10.2 Å². The van der Waals surface area contributed by atoms with Gasteiger partial charge in [-0.2, -0.15) is 0 Å². The highest BCUT2D eigenvalue weighted by Crippen LogP contribution is 2.25. The molecule has 3 aromatic rings. The predicted molar refractivity (Wildman–Crippen MR) is 104 cm³/mol. The minimum atomic E-state index is -0.227. The number of amides is 2. The van der Waals surface area contributed by atoms with E-state index in [0.29, 0.717) is 23.4 Å². The summed E-state index contributed by atoms with van der Waals surface area (Å²) in [5, 5.41) is 9.29. The van der Waals surface area contributed by atoms with Gasteiger partial charge >= 0.3 is 0 Å². The molecular formula is C20H18N4O2S. The Hall–Kier alpha value is -2.93. The molecule has 1 aromatic heterocycles. The Morgan fingerprint density at radius 2 is 1.67 bits per heavy atom. The maximum absolute atomic E-state index is 12.4. The van der Waals surface area contributed by atoms with Crippen LogP contribution in [0.15, 0.2) is 53.7 Å². The van der Waals surface area contributed by atoms with Crippen molar-refractivity contribution in [2.75, 3.05) is 12.3 Å². The van der Waals surface area contributed by atoms with Crippen molar-refractivity contribution in [3.8, 4) is 11.4 Å². The molecule has 1 aliphatic heterocycles. The second-order valence-corrected chi connectivity index (χ2v) is 7.45. The first-order chi connectivity index (χ1) is 13.1. The number of thioether (sulfide) groups is 1. The maximum atomic E-state index is 12.4. The third-order valence-electron chi connectivity index (χ3n) is 4.54. The molecule has 27 heavy (non-hydrogen) atoms. The van der Waals surface area contributed by atoms with Crippen molar-refractivity contribution in [2.24, 2.45) is 7.05 Å². The molecule has 2 aromatic carbocycles. The van der Waals surface area contributed by atoms with Crippen LogP contribution in [0.3, 0.4) is 0 Å². The molecule has 0 radical (unpaired) electrons. The summed E-state index contributed by atoms with van der Waals surface area (Å²) in [6, 6.07) is 15.0. The average molecular weight is 378 g/mol. The topological polar surface area (TPSA) is 68.1 Å². The van der Waals surface area contributed by atoms with E-state index in [4.69, 9.17) is 0 Å². The van der Waals surface area contributed by atoms with Gasteiger partial charge in [-0.3, -0.25) is 14.5 Å². The zero-order valence-electron chi connectivity index (χ0n) is 15.0. The number of nitrogens with zero attached hydrogens (tertiary/aromatic N) is 4. The van der Waals surface area contributed by atoms with Crippen molar-refractivity contribution in [2.45, 2.75) is 12.1 Å². The minimum Gasteiger partial charge on any atom is -0.305 e. The third-order valence-corrected chi connectivity index (χ3v) is 5.54. The zero-order valence-corrected chi connectivity index (χ0v) is 15.9. The Morgan fingerprint density at radius 1 is 0.963 bits per heavy atom. The molecule has 7 heteroatoms. The van der Waals surface area contributed by atoms with Crippen LogP contribution in [0.1, 0.15) is 26.3 Å². The largest absolute Gasteiger partial charge is 0.305 e. The van der Waals surface area contributed by atoms with Crippen LogP contribution >= 0.6 is 11.8 Å². The standard InChI is InChI=1S/C20H18N4O2S/c1-13-6-5-7-14(12-13)17-21-22-20(23(17)2)27-11-10-24-18(25)15-8-3-4-9-16(15)19(24)26/h3-9,12H,10-11H2,1-2H3. The van der Waals surface area contributed by atoms with E-state index < -0.39 is 0 Å². The smallest absolute Gasteiger partial charge is 0.261 e. The molecule has 136 valence electrons. The first kappa shape index (κ1) is 17.5. The number of fused-ring (bicyclic) bond motifs is 1. The van der Waals surface area contributed by atoms with E-state index in [9.17, 15) is 9.59 Å². The summed E-state index contributed by atoms with van der Waals surface area (Å²) in [6.45, 7) is 2.38. The van der Waals surface area contributed by atoms with Gasteiger partial charge in [0.15, 0.2) is 11.0 Å². The minimum absolute atomic E-state index is 0.227. The van der Waals surface area contributed by atoms with E-state index in [-0.39, 0.29) is 11.8 Å². The number of aromatic nitrogens is 3. The highest BCUT2D eigenvalue weighted by Gasteiger charge is 2.34. The van der Waals surface area contributed by atoms with Gasteiger partial charge in [-0.25, -0.2) is 0 Å². The lowest BCUT2D eigenvalue weighted by Gasteiger charge is -2.13. The summed E-state index contributed by atoms with van der Waals surface area (Å²) in [7, 11) is 1.92. The van der Waals surface area contributed by atoms with Crippen molar-refractivity contribution in [1.82, 2.24) is 19.7 Å². The van der Waals surface area contributed by atoms with Crippen molar-refractivity contribution in [3.63, 3.8) is 0 Å². The molecule has 1 aliphatic rings. The van der Waals surface area contributed by atoms with Crippen LogP contribution in [0.25, 0.3) is 11.4 Å². The number of rotatable bonds is 5. The van der Waals surface area contributed by atoms with Gasteiger partial charge < -0.3 is 4.57 Å². The number of hydrogen-bond donors (Lipinski definition) is 0. The molecule has 0 saturated carbocycles. The van der Waals surface area contributed by atoms with Gasteiger partial charge in [-0.1, -0.05) is 47.7 Å². The molecular weight excluding hydrogens is 360 g/mol. The van der Waals surface area contributed by atoms with Gasteiger partial charge in [-0.05, 0) is 25.1 Å². The van der Waals surface area contributed by atoms with E-state index in [1.54, 1.807) is 24.3 Å². The normalized spacial score (nSPS) is 13.3. The van der Waals surface area contributed by atoms with E-state index in [1.165, 1.54) is 16.7 Å². The van der Waals surface area contributed by atoms with E-state index in [1.807, 2.05) is 36.7 Å². The summed E-state index contributed by atoms with van der Waals surface area (Å²) in [5.41, 5.74) is 3.13. The Balaban J connectivity index is 1.44. The maximum Gasteiger partial charge on any atom is 0.261 e. The molecule has 6 nitrogen and oxygen atoms in total. The van der Waals surface area contributed by atoms with E-state index in [2.05, 4.69) is 16.3 Å². The lowest BCUT2D eigenvalue weighted by molar-refractivity contribution is 0.0664. The van der Waals surface area contributed by atoms with Crippen LogP contribution in [0, 0.1) is 6.92 Å². The molecule has 0 atom stereocenters. The molecule has 0 saturated heterocycles. The molecule has 0 unspecified atom stereocenters. The van der Waals surface area contributed by atoms with Gasteiger partial charge in [0.2, 0.25) is 0 Å². The van der Waals surface area contributed by atoms with Crippen molar-refractivity contribution < 1.29 is 9.59 Å². The molecule has 2 heterocycles. The number of carbonyl (C=O) groups excluding carboxylic acids is 2. The molecule has 0 spiro atoms. The molecule has 0 N–H and O–H groups in total. The average Bonchev–Trinajstić information content (AvgIpc) is 3.15. The summed E-state index contributed by atoms with van der Waals surface area (Å²) in [5.74, 6) is 0.900. The number of imide groups is 1. The Bertz CT molecular complexity index is 1010. The van der Waals surface area contributed by atoms with Crippen LogP contribution in [0.5, 0.6) is 0 Å². The van der Waals surface area contributed by atoms with Gasteiger partial charge in [0, 0.05) is 24.9 Å². The number of hydrogen-bond acceptors (Lipinski definition) is 5. The van der Waals surface area contributed by atoms with Crippen LogP contribution < -0.4 is 0 Å². The molecule has 4 rings (SSSR count). The number of aryl methyl sites for hydroxylation is 1. The Morgan fingerprint density at radius 3 is 2.33 bits per heavy atom. The van der Waals surface area contributed by atoms with Gasteiger partial charge in [0.05, 0.1) is 11.1 Å². The summed E-state index contributed by atoms with van der Waals surface area (Å²) >= 11 is 1.48. The van der Waals surface area contributed by atoms with Crippen LogP contribution in [-0.4, -0.2) is 43.8 Å². The third kappa shape index (κ3) is 3.14. The second kappa shape index (κ2) is 7.00. The summed E-state index contributed by atoms with van der Waals surface area (Å²) in [4.78, 5) is 26.1. The van der Waals surface area contributed by atoms with Crippen molar-refractivity contribution in [1.29, 1.82) is 0 Å². The highest BCUT2D eigenvalue weighted by molar-refractivity contribution is 7.99. The second-order valence-electron chi connectivity index (χ2n) is 6.39. The van der Waals surface area contributed by atoms with Crippen molar-refractivity contribution >= 4 is 23.6 Å². The van der Waals surface area contributed by atoms with Crippen LogP contribution in [0.2, 0.25) is 0 Å². The Kier molecular flexibility index (Phi) is 4.53. The first-order valence-corrected chi connectivity index (χ1v) is 9.59. The fourth-order valence-electron chi connectivity index (χ4n) is 3.15. The van der Waals surface area contributed by atoms with E-state index >= 15 is 0 Å². The lowest BCUT2D eigenvalue weighted by Crippen LogP contribution is -2.31. The van der Waals surface area contributed by atoms with E-state index in [0.717, 1.165) is 22.1 Å². The van der Waals surface area contributed by atoms with Crippen molar-refractivity contribution in [3.05, 3.63) is 65.2 Å². The molecule has 2 amide bonds. The van der Waals surface area contributed by atoms with Crippen LogP contribution in [0.4, 0.5) is 0 Å². The fourth-order valence-corrected chi connectivity index (χ4v) is 3.98. The SMILES string of the molecule is Cc1cccc(-c2nnc(SCCN3C(=O)c4ccccc4C3=O)n2C)c1. The van der Waals surface area contributed by atoms with Crippen LogP contribution in [-0.2, 0) is 7.05 Å². The van der Waals surface area contributed by atoms with Gasteiger partial charge in [0.25, 0.3) is 11.8 Å². The molecule has 0 fully saturated rings. The predicted octanol–water partition coefficient (Wildman–Crippen LogP) is 3.18. The molecule has 0 aliphatic carbocycles. The highest BCUT2D eigenvalue weighted by atomic mass is 32.2. The van der Waals surface area contributed by atoms with Gasteiger partial charge in [0.1, 0.15) is 0 Å².